The zero-order chi connectivity index (χ0) is 14.9. The summed E-state index contributed by atoms with van der Waals surface area (Å²) in [5.41, 5.74) is 1.10. The predicted octanol–water partition coefficient (Wildman–Crippen LogP) is 1.75. The predicted molar refractivity (Wildman–Crippen MR) is 86.2 cm³/mol. The molecular formula is C16H24N6. The minimum absolute atomic E-state index is 0.688. The van der Waals surface area contributed by atoms with E-state index >= 15 is 0 Å². The lowest BCUT2D eigenvalue weighted by atomic mass is 10.0. The molecule has 2 aromatic heterocycles. The molecular weight excluding hydrogens is 276 g/mol. The van der Waals surface area contributed by atoms with Gasteiger partial charge < -0.3 is 4.90 Å². The van der Waals surface area contributed by atoms with E-state index in [-0.39, 0.29) is 0 Å². The fraction of sp³-hybridized carbons (Fsp3) is 0.688. The van der Waals surface area contributed by atoms with Gasteiger partial charge in [-0.15, -0.1) is 0 Å². The Balaban J connectivity index is 1.64. The minimum Gasteiger partial charge on any atom is -0.355 e. The van der Waals surface area contributed by atoms with Crippen molar-refractivity contribution in [2.45, 2.75) is 45.1 Å². The quantitative estimate of drug-likeness (QED) is 0.864. The van der Waals surface area contributed by atoms with Crippen molar-refractivity contribution in [3.8, 4) is 0 Å². The van der Waals surface area contributed by atoms with E-state index in [0.717, 1.165) is 36.8 Å². The molecule has 0 spiro atoms. The van der Waals surface area contributed by atoms with Gasteiger partial charge in [0, 0.05) is 30.9 Å². The van der Waals surface area contributed by atoms with Crippen molar-refractivity contribution >= 4 is 11.6 Å². The Hall–Kier alpha value is -1.69. The Kier molecular flexibility index (Phi) is 3.70. The Morgan fingerprint density at radius 1 is 1.18 bits per heavy atom. The third-order valence-electron chi connectivity index (χ3n) is 5.03. The maximum absolute atomic E-state index is 4.56. The summed E-state index contributed by atoms with van der Waals surface area (Å²) in [5.74, 6) is 1.88. The van der Waals surface area contributed by atoms with Crippen molar-refractivity contribution in [1.29, 1.82) is 0 Å². The molecule has 6 heteroatoms. The van der Waals surface area contributed by atoms with Crippen LogP contribution < -0.4 is 4.90 Å². The van der Waals surface area contributed by atoms with Gasteiger partial charge in [-0.3, -0.25) is 4.90 Å². The van der Waals surface area contributed by atoms with Crippen LogP contribution in [0.3, 0.4) is 0 Å². The van der Waals surface area contributed by atoms with Crippen LogP contribution in [0.25, 0.3) is 5.78 Å². The summed E-state index contributed by atoms with van der Waals surface area (Å²) in [6.45, 7) is 6.89. The zero-order valence-electron chi connectivity index (χ0n) is 13.3. The molecule has 2 fully saturated rings. The van der Waals surface area contributed by atoms with Crippen LogP contribution in [0.15, 0.2) is 12.4 Å². The number of likely N-dealkylation sites (tertiary alicyclic amines) is 1. The standard InChI is InChI=1S/C16H24N6/c1-2-13-10-15(22-16(19-13)17-12-18-22)21-9-5-6-14(11-21)20-7-3-4-8-20/h10,12,14H,2-9,11H2,1H3/t14-/m1/s1. The molecule has 4 rings (SSSR count). The lowest BCUT2D eigenvalue weighted by Gasteiger charge is -2.38. The summed E-state index contributed by atoms with van der Waals surface area (Å²) in [4.78, 5) is 14.0. The Labute approximate surface area is 131 Å². The molecule has 2 aliphatic rings. The molecule has 0 aliphatic carbocycles. The number of piperidine rings is 1. The van der Waals surface area contributed by atoms with Gasteiger partial charge in [0.15, 0.2) is 0 Å². The van der Waals surface area contributed by atoms with E-state index in [4.69, 9.17) is 0 Å². The number of nitrogens with zero attached hydrogens (tertiary/aromatic N) is 6. The number of aryl methyl sites for hydroxylation is 1. The van der Waals surface area contributed by atoms with Gasteiger partial charge in [0.25, 0.3) is 5.78 Å². The van der Waals surface area contributed by atoms with E-state index < -0.39 is 0 Å². The largest absolute Gasteiger partial charge is 0.355 e. The lowest BCUT2D eigenvalue weighted by molar-refractivity contribution is 0.215. The number of fused-ring (bicyclic) bond motifs is 1. The fourth-order valence-electron chi connectivity index (χ4n) is 3.82. The van der Waals surface area contributed by atoms with E-state index in [9.17, 15) is 0 Å². The van der Waals surface area contributed by atoms with Crippen LogP contribution in [0.1, 0.15) is 38.3 Å². The van der Waals surface area contributed by atoms with Crippen molar-refractivity contribution in [3.63, 3.8) is 0 Å². The van der Waals surface area contributed by atoms with Gasteiger partial charge in [-0.25, -0.2) is 4.98 Å². The Morgan fingerprint density at radius 3 is 2.86 bits per heavy atom. The van der Waals surface area contributed by atoms with Crippen LogP contribution in [0.2, 0.25) is 0 Å². The van der Waals surface area contributed by atoms with Crippen LogP contribution in [0, 0.1) is 0 Å². The normalized spacial score (nSPS) is 23.5. The van der Waals surface area contributed by atoms with Crippen molar-refractivity contribution in [2.24, 2.45) is 0 Å². The molecule has 0 bridgehead atoms. The van der Waals surface area contributed by atoms with Gasteiger partial charge in [-0.05, 0) is 45.2 Å². The van der Waals surface area contributed by atoms with Crippen molar-refractivity contribution in [3.05, 3.63) is 18.1 Å². The summed E-state index contributed by atoms with van der Waals surface area (Å²) < 4.78 is 1.89. The first-order valence-corrected chi connectivity index (χ1v) is 8.54. The number of anilines is 1. The molecule has 0 saturated carbocycles. The molecule has 4 heterocycles. The SMILES string of the molecule is CCc1cc(N2CCC[C@@H](N3CCCC3)C2)n2ncnc2n1. The molecule has 2 aromatic rings. The molecule has 22 heavy (non-hydrogen) atoms. The Morgan fingerprint density at radius 2 is 2.05 bits per heavy atom. The second-order valence-electron chi connectivity index (χ2n) is 6.42. The number of hydrogen-bond donors (Lipinski definition) is 0. The van der Waals surface area contributed by atoms with Crippen LogP contribution in [0.4, 0.5) is 5.82 Å². The molecule has 0 aromatic carbocycles. The second-order valence-corrected chi connectivity index (χ2v) is 6.42. The van der Waals surface area contributed by atoms with Crippen LogP contribution >= 0.6 is 0 Å². The van der Waals surface area contributed by atoms with E-state index in [0.29, 0.717) is 6.04 Å². The topological polar surface area (TPSA) is 49.6 Å². The highest BCUT2D eigenvalue weighted by Gasteiger charge is 2.28. The van der Waals surface area contributed by atoms with Crippen molar-refractivity contribution in [1.82, 2.24) is 24.5 Å². The highest BCUT2D eigenvalue weighted by atomic mass is 15.4. The first-order chi connectivity index (χ1) is 10.8. The van der Waals surface area contributed by atoms with Crippen LogP contribution in [-0.2, 0) is 6.42 Å². The summed E-state index contributed by atoms with van der Waals surface area (Å²) >= 11 is 0. The number of aromatic nitrogens is 4. The number of hydrogen-bond acceptors (Lipinski definition) is 5. The molecule has 0 N–H and O–H groups in total. The average molecular weight is 300 g/mol. The van der Waals surface area contributed by atoms with Gasteiger partial charge in [-0.2, -0.15) is 14.6 Å². The first kappa shape index (κ1) is 13.9. The molecule has 0 radical (unpaired) electrons. The molecule has 118 valence electrons. The first-order valence-electron chi connectivity index (χ1n) is 8.54. The van der Waals surface area contributed by atoms with Gasteiger partial charge in [0.2, 0.25) is 0 Å². The zero-order valence-corrected chi connectivity index (χ0v) is 13.3. The van der Waals surface area contributed by atoms with Gasteiger partial charge in [-0.1, -0.05) is 6.92 Å². The average Bonchev–Trinajstić information content (AvgIpc) is 3.25. The molecule has 0 unspecified atom stereocenters. The fourth-order valence-corrected chi connectivity index (χ4v) is 3.82. The molecule has 2 aliphatic heterocycles. The van der Waals surface area contributed by atoms with E-state index in [1.807, 2.05) is 4.52 Å². The van der Waals surface area contributed by atoms with Crippen LogP contribution in [-0.4, -0.2) is 56.7 Å². The van der Waals surface area contributed by atoms with Gasteiger partial charge in [0.05, 0.1) is 0 Å². The minimum atomic E-state index is 0.688. The maximum atomic E-state index is 4.56. The maximum Gasteiger partial charge on any atom is 0.254 e. The molecule has 6 nitrogen and oxygen atoms in total. The smallest absolute Gasteiger partial charge is 0.254 e. The van der Waals surface area contributed by atoms with E-state index in [1.54, 1.807) is 6.33 Å². The number of rotatable bonds is 3. The molecule has 0 amide bonds. The van der Waals surface area contributed by atoms with Crippen LogP contribution in [0.5, 0.6) is 0 Å². The van der Waals surface area contributed by atoms with Crippen molar-refractivity contribution < 1.29 is 0 Å². The summed E-state index contributed by atoms with van der Waals surface area (Å²) in [5, 5.41) is 4.38. The molecule has 2 saturated heterocycles. The van der Waals surface area contributed by atoms with Gasteiger partial charge in [0.1, 0.15) is 12.1 Å². The summed E-state index contributed by atoms with van der Waals surface area (Å²) in [6.07, 6.45) is 7.83. The second kappa shape index (κ2) is 5.83. The Bertz CT molecular complexity index is 645. The molecule has 1 atom stereocenters. The third-order valence-corrected chi connectivity index (χ3v) is 5.03. The third kappa shape index (κ3) is 2.45. The van der Waals surface area contributed by atoms with Gasteiger partial charge >= 0.3 is 0 Å². The van der Waals surface area contributed by atoms with Crippen molar-refractivity contribution in [2.75, 3.05) is 31.1 Å². The highest BCUT2D eigenvalue weighted by Crippen LogP contribution is 2.25. The summed E-state index contributed by atoms with van der Waals surface area (Å²) in [7, 11) is 0. The van der Waals surface area contributed by atoms with E-state index in [1.165, 1.54) is 38.8 Å². The van der Waals surface area contributed by atoms with E-state index in [2.05, 4.69) is 37.9 Å². The highest BCUT2D eigenvalue weighted by molar-refractivity contribution is 5.48. The summed E-state index contributed by atoms with van der Waals surface area (Å²) in [6, 6.07) is 2.88. The monoisotopic (exact) mass is 300 g/mol. The lowest BCUT2D eigenvalue weighted by Crippen LogP contribution is -2.47.